The van der Waals surface area contributed by atoms with Crippen molar-refractivity contribution in [3.05, 3.63) is 0 Å². The summed E-state index contributed by atoms with van der Waals surface area (Å²) in [5, 5.41) is -0.379. The van der Waals surface area contributed by atoms with Crippen LogP contribution in [0.3, 0.4) is 0 Å². The van der Waals surface area contributed by atoms with E-state index in [1.54, 1.807) is 0 Å². The van der Waals surface area contributed by atoms with E-state index in [1.807, 2.05) is 13.8 Å². The predicted octanol–water partition coefficient (Wildman–Crippen LogP) is 1.61. The Kier molecular flexibility index (Phi) is 1.83. The Morgan fingerprint density at radius 2 is 1.73 bits per heavy atom. The second kappa shape index (κ2) is 2.31. The Bertz CT molecular complexity index is 198. The van der Waals surface area contributed by atoms with Crippen molar-refractivity contribution in [1.82, 2.24) is 0 Å². The summed E-state index contributed by atoms with van der Waals surface area (Å²) in [5.41, 5.74) is -0.204. The number of Topliss-reactive ketones (excluding diaryl/α,β-unsaturated/α-hetero) is 1. The second-order valence-electron chi connectivity index (χ2n) is 3.69. The first-order valence-electron chi connectivity index (χ1n) is 3.59. The van der Waals surface area contributed by atoms with Crippen LogP contribution in [0.15, 0.2) is 0 Å². The number of rotatable bonds is 2. The number of ketones is 1. The number of hydrogen-bond acceptors (Lipinski definition) is 2. The minimum atomic E-state index is -0.379. The van der Waals surface area contributed by atoms with Crippen LogP contribution in [-0.2, 0) is 9.59 Å². The highest BCUT2D eigenvalue weighted by Crippen LogP contribution is 2.59. The molecule has 0 aromatic rings. The molecule has 0 heterocycles. The van der Waals surface area contributed by atoms with Gasteiger partial charge in [0.2, 0.25) is 5.24 Å². The third kappa shape index (κ3) is 1.20. The van der Waals surface area contributed by atoms with Gasteiger partial charge in [-0.05, 0) is 23.9 Å². The molecule has 1 rings (SSSR count). The van der Waals surface area contributed by atoms with Crippen LogP contribution >= 0.6 is 11.6 Å². The molecule has 1 aliphatic rings. The summed E-state index contributed by atoms with van der Waals surface area (Å²) in [4.78, 5) is 21.7. The van der Waals surface area contributed by atoms with Crippen LogP contribution in [0.4, 0.5) is 0 Å². The summed E-state index contributed by atoms with van der Waals surface area (Å²) >= 11 is 5.31. The van der Waals surface area contributed by atoms with Crippen LogP contribution in [0, 0.1) is 17.3 Å². The largest absolute Gasteiger partial charge is 0.300 e. The molecule has 0 aromatic carbocycles. The smallest absolute Gasteiger partial charge is 0.226 e. The Hall–Kier alpha value is -0.370. The molecule has 0 unspecified atom stereocenters. The van der Waals surface area contributed by atoms with Gasteiger partial charge in [-0.2, -0.15) is 0 Å². The molecule has 0 saturated heterocycles. The first-order chi connectivity index (χ1) is 4.89. The Labute approximate surface area is 70.9 Å². The van der Waals surface area contributed by atoms with Gasteiger partial charge < -0.3 is 0 Å². The van der Waals surface area contributed by atoms with E-state index in [1.165, 1.54) is 6.92 Å². The second-order valence-corrected chi connectivity index (χ2v) is 4.06. The van der Waals surface area contributed by atoms with Crippen molar-refractivity contribution in [2.24, 2.45) is 17.3 Å². The maximum absolute atomic E-state index is 10.9. The third-order valence-corrected chi connectivity index (χ3v) is 2.74. The third-order valence-electron chi connectivity index (χ3n) is 2.51. The highest BCUT2D eigenvalue weighted by molar-refractivity contribution is 6.64. The molecule has 11 heavy (non-hydrogen) atoms. The van der Waals surface area contributed by atoms with Gasteiger partial charge in [-0.15, -0.1) is 0 Å². The van der Waals surface area contributed by atoms with Crippen LogP contribution in [0.1, 0.15) is 20.8 Å². The lowest BCUT2D eigenvalue weighted by atomic mass is 10.1. The van der Waals surface area contributed by atoms with E-state index >= 15 is 0 Å². The fraction of sp³-hybridized carbons (Fsp3) is 0.750. The summed E-state index contributed by atoms with van der Waals surface area (Å²) in [7, 11) is 0. The fourth-order valence-electron chi connectivity index (χ4n) is 1.82. The lowest BCUT2D eigenvalue weighted by molar-refractivity contribution is -0.120. The molecule has 1 saturated carbocycles. The molecule has 0 amide bonds. The van der Waals surface area contributed by atoms with Gasteiger partial charge in [0.25, 0.3) is 0 Å². The average molecular weight is 175 g/mol. The van der Waals surface area contributed by atoms with E-state index in [0.717, 1.165) is 0 Å². The molecule has 1 fully saturated rings. The standard InChI is InChI=1S/C8H11ClO2/c1-4(10)5-6(7(9)11)8(5,2)3/h5-6H,1-3H3/t5-,6+/m0/s1. The Morgan fingerprint density at radius 3 is 1.82 bits per heavy atom. The molecule has 62 valence electrons. The first kappa shape index (κ1) is 8.72. The Morgan fingerprint density at radius 1 is 1.27 bits per heavy atom. The van der Waals surface area contributed by atoms with Crippen molar-refractivity contribution in [1.29, 1.82) is 0 Å². The van der Waals surface area contributed by atoms with Gasteiger partial charge in [-0.1, -0.05) is 13.8 Å². The van der Waals surface area contributed by atoms with E-state index in [2.05, 4.69) is 0 Å². The van der Waals surface area contributed by atoms with Gasteiger partial charge in [0.15, 0.2) is 0 Å². The zero-order chi connectivity index (χ0) is 8.81. The Balaban J connectivity index is 2.76. The van der Waals surface area contributed by atoms with E-state index in [-0.39, 0.29) is 28.3 Å². The fourth-order valence-corrected chi connectivity index (χ4v) is 2.23. The van der Waals surface area contributed by atoms with Crippen molar-refractivity contribution in [2.75, 3.05) is 0 Å². The molecule has 0 aromatic heterocycles. The summed E-state index contributed by atoms with van der Waals surface area (Å²) in [6, 6.07) is 0. The van der Waals surface area contributed by atoms with Crippen molar-refractivity contribution in [2.45, 2.75) is 20.8 Å². The van der Waals surface area contributed by atoms with E-state index in [9.17, 15) is 9.59 Å². The molecule has 1 aliphatic carbocycles. The normalized spacial score (nSPS) is 33.1. The van der Waals surface area contributed by atoms with Gasteiger partial charge in [0.1, 0.15) is 5.78 Å². The SMILES string of the molecule is CC(=O)[C@H]1[C@H](C(=O)Cl)C1(C)C. The molecule has 0 bridgehead atoms. The minimum Gasteiger partial charge on any atom is -0.300 e. The zero-order valence-corrected chi connectivity index (χ0v) is 7.61. The molecule has 0 spiro atoms. The molecule has 0 radical (unpaired) electrons. The lowest BCUT2D eigenvalue weighted by Crippen LogP contribution is -1.99. The number of halogens is 1. The zero-order valence-electron chi connectivity index (χ0n) is 6.85. The lowest BCUT2D eigenvalue weighted by Gasteiger charge is -1.96. The number of carbonyl (C=O) groups is 2. The highest BCUT2D eigenvalue weighted by atomic mass is 35.5. The topological polar surface area (TPSA) is 34.1 Å². The van der Waals surface area contributed by atoms with Gasteiger partial charge in [0.05, 0.1) is 0 Å². The van der Waals surface area contributed by atoms with Crippen molar-refractivity contribution < 1.29 is 9.59 Å². The molecular formula is C8H11ClO2. The van der Waals surface area contributed by atoms with Gasteiger partial charge in [-0.25, -0.2) is 0 Å². The molecule has 0 aliphatic heterocycles. The van der Waals surface area contributed by atoms with Crippen LogP contribution < -0.4 is 0 Å². The number of hydrogen-bond donors (Lipinski definition) is 0. The predicted molar refractivity (Wildman–Crippen MR) is 42.3 cm³/mol. The molecular weight excluding hydrogens is 164 g/mol. The van der Waals surface area contributed by atoms with E-state index in [4.69, 9.17) is 11.6 Å². The average Bonchev–Trinajstić information content (AvgIpc) is 2.33. The first-order valence-corrected chi connectivity index (χ1v) is 3.96. The molecule has 2 nitrogen and oxygen atoms in total. The monoisotopic (exact) mass is 174 g/mol. The van der Waals surface area contributed by atoms with Crippen molar-refractivity contribution in [3.63, 3.8) is 0 Å². The van der Waals surface area contributed by atoms with E-state index < -0.39 is 0 Å². The van der Waals surface area contributed by atoms with Gasteiger partial charge in [0, 0.05) is 11.8 Å². The van der Waals surface area contributed by atoms with Gasteiger partial charge >= 0.3 is 0 Å². The summed E-state index contributed by atoms with van der Waals surface area (Å²) in [5.74, 6) is -0.330. The van der Waals surface area contributed by atoms with Crippen molar-refractivity contribution in [3.8, 4) is 0 Å². The van der Waals surface area contributed by atoms with Crippen LogP contribution in [0.5, 0.6) is 0 Å². The summed E-state index contributed by atoms with van der Waals surface area (Å²) in [6.45, 7) is 5.29. The quantitative estimate of drug-likeness (QED) is 0.597. The molecule has 2 atom stereocenters. The maximum Gasteiger partial charge on any atom is 0.226 e. The maximum atomic E-state index is 10.9. The van der Waals surface area contributed by atoms with E-state index in [0.29, 0.717) is 0 Å². The molecule has 3 heteroatoms. The summed E-state index contributed by atoms with van der Waals surface area (Å²) in [6.07, 6.45) is 0. The van der Waals surface area contributed by atoms with Crippen LogP contribution in [-0.4, -0.2) is 11.0 Å². The number of carbonyl (C=O) groups excluding carboxylic acids is 2. The molecule has 0 N–H and O–H groups in total. The van der Waals surface area contributed by atoms with Crippen molar-refractivity contribution >= 4 is 22.6 Å². The minimum absolute atomic E-state index is 0.0639. The van der Waals surface area contributed by atoms with Gasteiger partial charge in [-0.3, -0.25) is 9.59 Å². The van der Waals surface area contributed by atoms with Crippen LogP contribution in [0.25, 0.3) is 0 Å². The highest BCUT2D eigenvalue weighted by Gasteiger charge is 2.63. The van der Waals surface area contributed by atoms with Crippen LogP contribution in [0.2, 0.25) is 0 Å². The summed E-state index contributed by atoms with van der Waals surface area (Å²) < 4.78 is 0.